The molecule has 1 aliphatic rings. The number of rotatable bonds is 1. The third kappa shape index (κ3) is 2.39. The summed E-state index contributed by atoms with van der Waals surface area (Å²) in [6, 6.07) is 18.1. The zero-order chi connectivity index (χ0) is 22.0. The second-order valence-electron chi connectivity index (χ2n) is 7.71. The molecule has 0 unspecified atom stereocenters. The molecule has 2 aromatic heterocycles. The van der Waals surface area contributed by atoms with Crippen molar-refractivity contribution in [3.8, 4) is 11.1 Å². The van der Waals surface area contributed by atoms with E-state index in [0.29, 0.717) is 5.69 Å². The number of fused-ring (bicyclic) bond motifs is 10. The zero-order valence-electron chi connectivity index (χ0n) is 17.6. The molecular weight excluding hydrogens is 420 g/mol. The molecule has 7 heteroatoms. The van der Waals surface area contributed by atoms with Crippen LogP contribution in [0.5, 0.6) is 0 Å². The van der Waals surface area contributed by atoms with Crippen molar-refractivity contribution in [1.82, 2.24) is 4.98 Å². The van der Waals surface area contributed by atoms with E-state index >= 15 is 0 Å². The van der Waals surface area contributed by atoms with Gasteiger partial charge in [0.1, 0.15) is 5.00 Å². The summed E-state index contributed by atoms with van der Waals surface area (Å²) in [5.74, 6) is 0. The van der Waals surface area contributed by atoms with Crippen LogP contribution in [0, 0.1) is 0 Å². The largest absolute Gasteiger partial charge is 0.448 e. The van der Waals surface area contributed by atoms with Gasteiger partial charge in [0.2, 0.25) is 0 Å². The number of aromatic nitrogens is 1. The first-order chi connectivity index (χ1) is 15.6. The topological polar surface area (TPSA) is 71.7 Å². The van der Waals surface area contributed by atoms with Crippen LogP contribution in [0.2, 0.25) is 0 Å². The number of anilines is 3. The number of nitrogen functional groups attached to an aromatic ring is 1. The van der Waals surface area contributed by atoms with E-state index in [2.05, 4.69) is 24.3 Å². The highest BCUT2D eigenvalue weighted by atomic mass is 32.1. The van der Waals surface area contributed by atoms with Crippen molar-refractivity contribution in [3.05, 3.63) is 60.8 Å². The lowest BCUT2D eigenvalue weighted by Gasteiger charge is -2.38. The van der Waals surface area contributed by atoms with Crippen LogP contribution >= 0.6 is 11.3 Å². The number of carbonyl (C=O) groups is 1. The first kappa shape index (κ1) is 18.9. The molecular formula is C25H20N4O2S. The van der Waals surface area contributed by atoms with Gasteiger partial charge in [0, 0.05) is 35.4 Å². The number of ether oxygens (including phenoxy) is 1. The van der Waals surface area contributed by atoms with E-state index < -0.39 is 6.09 Å². The first-order valence-corrected chi connectivity index (χ1v) is 11.2. The molecule has 0 radical (unpaired) electrons. The van der Waals surface area contributed by atoms with Gasteiger partial charge in [0.25, 0.3) is 0 Å². The maximum atomic E-state index is 13.3. The Morgan fingerprint density at radius 2 is 1.81 bits per heavy atom. The van der Waals surface area contributed by atoms with Crippen molar-refractivity contribution in [2.45, 2.75) is 6.92 Å². The molecule has 6 rings (SSSR count). The van der Waals surface area contributed by atoms with Crippen LogP contribution in [0.3, 0.4) is 0 Å². The fraction of sp³-hybridized carbons (Fsp3) is 0.120. The lowest BCUT2D eigenvalue weighted by atomic mass is 9.89. The van der Waals surface area contributed by atoms with E-state index in [1.165, 1.54) is 0 Å². The average Bonchev–Trinajstić information content (AvgIpc) is 3.19. The van der Waals surface area contributed by atoms with E-state index in [1.54, 1.807) is 16.3 Å². The molecule has 1 aliphatic heterocycles. The Morgan fingerprint density at radius 3 is 2.62 bits per heavy atom. The van der Waals surface area contributed by atoms with Gasteiger partial charge in [-0.2, -0.15) is 5.01 Å². The number of hydrazine groups is 1. The Balaban J connectivity index is 1.89. The highest BCUT2D eigenvalue weighted by Crippen LogP contribution is 2.56. The predicted molar refractivity (Wildman–Crippen MR) is 132 cm³/mol. The first-order valence-electron chi connectivity index (χ1n) is 10.4. The number of thiophene rings is 1. The summed E-state index contributed by atoms with van der Waals surface area (Å²) >= 11 is 1.61. The lowest BCUT2D eigenvalue weighted by Crippen LogP contribution is -2.47. The zero-order valence-corrected chi connectivity index (χ0v) is 18.4. The summed E-state index contributed by atoms with van der Waals surface area (Å²) < 4.78 is 6.55. The molecule has 6 nitrogen and oxygen atoms in total. The Labute approximate surface area is 188 Å². The molecule has 1 amide bonds. The van der Waals surface area contributed by atoms with Gasteiger partial charge in [-0.15, -0.1) is 11.3 Å². The van der Waals surface area contributed by atoms with Crippen LogP contribution in [0.15, 0.2) is 60.8 Å². The second-order valence-corrected chi connectivity index (χ2v) is 8.74. The highest BCUT2D eigenvalue weighted by molar-refractivity contribution is 7.23. The summed E-state index contributed by atoms with van der Waals surface area (Å²) in [5.41, 5.74) is 10.8. The minimum absolute atomic E-state index is 0.278. The third-order valence-corrected chi connectivity index (χ3v) is 7.19. The van der Waals surface area contributed by atoms with Gasteiger partial charge in [-0.05, 0) is 41.3 Å². The molecule has 0 aliphatic carbocycles. The molecule has 3 aromatic carbocycles. The molecule has 5 aromatic rings. The van der Waals surface area contributed by atoms with Crippen LogP contribution in [0.1, 0.15) is 6.92 Å². The van der Waals surface area contributed by atoms with Crippen molar-refractivity contribution in [3.63, 3.8) is 0 Å². The van der Waals surface area contributed by atoms with Crippen LogP contribution in [-0.4, -0.2) is 24.7 Å². The summed E-state index contributed by atoms with van der Waals surface area (Å²) in [4.78, 5) is 18.0. The average molecular weight is 441 g/mol. The van der Waals surface area contributed by atoms with E-state index in [4.69, 9.17) is 15.5 Å². The van der Waals surface area contributed by atoms with Gasteiger partial charge < -0.3 is 10.5 Å². The number of benzene rings is 3. The predicted octanol–water partition coefficient (Wildman–Crippen LogP) is 6.18. The van der Waals surface area contributed by atoms with Gasteiger partial charge in [-0.3, -0.25) is 9.99 Å². The number of nitrogens with zero attached hydrogens (tertiary/aromatic N) is 3. The monoisotopic (exact) mass is 440 g/mol. The molecule has 0 fully saturated rings. The van der Waals surface area contributed by atoms with Crippen molar-refractivity contribution in [2.75, 3.05) is 29.4 Å². The SMILES string of the molecule is CCOC(=O)N1c2c(c3ccccc3c3cccc(N)c23)-c2c(sc3cccnc23)N1C. The molecule has 0 saturated carbocycles. The summed E-state index contributed by atoms with van der Waals surface area (Å²) in [5, 5.41) is 8.39. The molecule has 0 spiro atoms. The summed E-state index contributed by atoms with van der Waals surface area (Å²) in [7, 11) is 1.88. The number of nitrogens with two attached hydrogens (primary N) is 1. The van der Waals surface area contributed by atoms with Crippen molar-refractivity contribution in [1.29, 1.82) is 0 Å². The van der Waals surface area contributed by atoms with E-state index in [9.17, 15) is 4.79 Å². The number of amides is 1. The molecule has 32 heavy (non-hydrogen) atoms. The molecule has 0 atom stereocenters. The van der Waals surface area contributed by atoms with Crippen LogP contribution in [0.4, 0.5) is 21.2 Å². The molecule has 0 bridgehead atoms. The molecule has 0 saturated heterocycles. The van der Waals surface area contributed by atoms with Gasteiger partial charge in [-0.1, -0.05) is 36.4 Å². The molecule has 158 valence electrons. The van der Waals surface area contributed by atoms with Crippen molar-refractivity contribution < 1.29 is 9.53 Å². The van der Waals surface area contributed by atoms with E-state index in [0.717, 1.165) is 53.6 Å². The van der Waals surface area contributed by atoms with Crippen LogP contribution in [0.25, 0.3) is 42.9 Å². The smallest absolute Gasteiger partial charge is 0.433 e. The minimum atomic E-state index is -0.438. The Bertz CT molecular complexity index is 1560. The van der Waals surface area contributed by atoms with Crippen molar-refractivity contribution >= 4 is 65.6 Å². The minimum Gasteiger partial charge on any atom is -0.448 e. The summed E-state index contributed by atoms with van der Waals surface area (Å²) in [6.45, 7) is 2.09. The Kier molecular flexibility index (Phi) is 4.03. The standard InChI is InChI=1S/C25H20N4O2S/c1-3-31-25(30)29-23-19-15(10-6-11-17(19)26)14-8-4-5-9-16(14)20(23)21-22-18(12-7-13-27-22)32-24(21)28(29)2/h4-13H,3,26H2,1-2H3. The Morgan fingerprint density at radius 1 is 1.03 bits per heavy atom. The highest BCUT2D eigenvalue weighted by Gasteiger charge is 2.38. The van der Waals surface area contributed by atoms with Gasteiger partial charge in [0.05, 0.1) is 22.5 Å². The number of hydrogen-bond donors (Lipinski definition) is 1. The molecule has 2 N–H and O–H groups in total. The van der Waals surface area contributed by atoms with Crippen LogP contribution in [-0.2, 0) is 4.74 Å². The van der Waals surface area contributed by atoms with Gasteiger partial charge in [-0.25, -0.2) is 4.79 Å². The fourth-order valence-electron chi connectivity index (χ4n) is 4.72. The number of carbonyl (C=O) groups excluding carboxylic acids is 1. The van der Waals surface area contributed by atoms with E-state index in [-0.39, 0.29) is 6.61 Å². The summed E-state index contributed by atoms with van der Waals surface area (Å²) in [6.07, 6.45) is 1.37. The van der Waals surface area contributed by atoms with Gasteiger partial charge in [0.15, 0.2) is 0 Å². The van der Waals surface area contributed by atoms with E-state index in [1.807, 2.05) is 55.5 Å². The fourth-order valence-corrected chi connectivity index (χ4v) is 5.84. The quantitative estimate of drug-likeness (QED) is 0.249. The maximum Gasteiger partial charge on any atom is 0.433 e. The number of hydrogen-bond acceptors (Lipinski definition) is 6. The van der Waals surface area contributed by atoms with Crippen molar-refractivity contribution in [2.24, 2.45) is 0 Å². The molecule has 3 heterocycles. The normalized spacial score (nSPS) is 12.9. The van der Waals surface area contributed by atoms with Crippen LogP contribution < -0.4 is 15.8 Å². The third-order valence-electron chi connectivity index (χ3n) is 5.98. The van der Waals surface area contributed by atoms with Gasteiger partial charge >= 0.3 is 6.09 Å². The maximum absolute atomic E-state index is 13.3. The Hall–Kier alpha value is -3.84. The lowest BCUT2D eigenvalue weighted by molar-refractivity contribution is 0.159. The number of pyridine rings is 1. The second kappa shape index (κ2) is 6.83.